The predicted molar refractivity (Wildman–Crippen MR) is 128 cm³/mol. The van der Waals surface area contributed by atoms with E-state index in [-0.39, 0.29) is 24.0 Å². The number of imidazole rings is 1. The zero-order valence-corrected chi connectivity index (χ0v) is 20.0. The predicted octanol–water partition coefficient (Wildman–Crippen LogP) is 4.03. The van der Waals surface area contributed by atoms with Crippen LogP contribution in [0.3, 0.4) is 0 Å². The minimum atomic E-state index is 0. The molecule has 0 radical (unpaired) electrons. The summed E-state index contributed by atoms with van der Waals surface area (Å²) in [6.07, 6.45) is 9.24. The van der Waals surface area contributed by atoms with Gasteiger partial charge in [-0.3, -0.25) is 4.57 Å². The molecule has 0 fully saturated rings. The maximum absolute atomic E-state index is 5.49. The maximum Gasteiger partial charge on any atom is 0.191 e. The lowest BCUT2D eigenvalue weighted by molar-refractivity contribution is 0.368. The highest BCUT2D eigenvalue weighted by Crippen LogP contribution is 2.22. The van der Waals surface area contributed by atoms with E-state index in [1.807, 2.05) is 35.9 Å². The van der Waals surface area contributed by atoms with Crippen LogP contribution in [0.2, 0.25) is 0 Å². The van der Waals surface area contributed by atoms with Crippen molar-refractivity contribution in [1.82, 2.24) is 30.3 Å². The standard InChI is InChI=1S/C21H29N7O.HI/c1-4-17(5-2)19-12-18(29-27-19)14-26-21(23-6-3)25-13-16-7-8-24-20(11-16)28-10-9-22-15-28;/h7-12,15,17H,4-6,13-14H2,1-3H3,(H2,23,25,26);1H. The molecule has 162 valence electrons. The average molecular weight is 523 g/mol. The van der Waals surface area contributed by atoms with Crippen LogP contribution in [0, 0.1) is 0 Å². The first-order valence-electron chi connectivity index (χ1n) is 10.1. The Morgan fingerprint density at radius 2 is 2.00 bits per heavy atom. The molecule has 0 aliphatic rings. The van der Waals surface area contributed by atoms with Crippen molar-refractivity contribution in [3.05, 3.63) is 60.1 Å². The van der Waals surface area contributed by atoms with Gasteiger partial charge in [-0.25, -0.2) is 15.0 Å². The highest BCUT2D eigenvalue weighted by atomic mass is 127. The number of aliphatic imine (C=N–C) groups is 1. The first kappa shape index (κ1) is 23.8. The first-order chi connectivity index (χ1) is 14.2. The summed E-state index contributed by atoms with van der Waals surface area (Å²) >= 11 is 0. The van der Waals surface area contributed by atoms with E-state index in [0.29, 0.717) is 19.0 Å². The molecule has 0 aliphatic carbocycles. The van der Waals surface area contributed by atoms with Crippen LogP contribution in [0.4, 0.5) is 0 Å². The quantitative estimate of drug-likeness (QED) is 0.250. The van der Waals surface area contributed by atoms with Crippen LogP contribution in [-0.2, 0) is 13.1 Å². The van der Waals surface area contributed by atoms with Crippen molar-refractivity contribution in [2.75, 3.05) is 6.54 Å². The molecule has 0 amide bonds. The van der Waals surface area contributed by atoms with Gasteiger partial charge in [-0.15, -0.1) is 24.0 Å². The first-order valence-corrected chi connectivity index (χ1v) is 10.1. The van der Waals surface area contributed by atoms with Gasteiger partial charge < -0.3 is 15.2 Å². The van der Waals surface area contributed by atoms with Gasteiger partial charge in [0, 0.05) is 37.1 Å². The van der Waals surface area contributed by atoms with Gasteiger partial charge >= 0.3 is 0 Å². The molecular formula is C21H30IN7O. The average Bonchev–Trinajstić information content (AvgIpc) is 3.44. The highest BCUT2D eigenvalue weighted by molar-refractivity contribution is 14.0. The zero-order valence-electron chi connectivity index (χ0n) is 17.7. The monoisotopic (exact) mass is 523 g/mol. The molecule has 9 heteroatoms. The van der Waals surface area contributed by atoms with Gasteiger partial charge in [0.25, 0.3) is 0 Å². The number of aromatic nitrogens is 4. The number of hydrogen-bond acceptors (Lipinski definition) is 5. The van der Waals surface area contributed by atoms with Gasteiger partial charge in [0.2, 0.25) is 0 Å². The summed E-state index contributed by atoms with van der Waals surface area (Å²) in [6, 6.07) is 6.01. The van der Waals surface area contributed by atoms with E-state index in [0.717, 1.165) is 48.2 Å². The van der Waals surface area contributed by atoms with E-state index in [1.54, 1.807) is 18.7 Å². The van der Waals surface area contributed by atoms with Crippen LogP contribution in [-0.4, -0.2) is 32.2 Å². The SMILES string of the molecule is CCNC(=NCc1ccnc(-n2ccnc2)c1)NCc1cc(C(CC)CC)no1.I. The molecular weight excluding hydrogens is 493 g/mol. The molecule has 3 aromatic heterocycles. The Bertz CT molecular complexity index is 904. The third kappa shape index (κ3) is 6.54. The smallest absolute Gasteiger partial charge is 0.191 e. The Morgan fingerprint density at radius 3 is 2.70 bits per heavy atom. The van der Waals surface area contributed by atoms with E-state index in [1.165, 1.54) is 0 Å². The summed E-state index contributed by atoms with van der Waals surface area (Å²) in [7, 11) is 0. The number of nitrogens with zero attached hydrogens (tertiary/aromatic N) is 5. The van der Waals surface area contributed by atoms with E-state index in [4.69, 9.17) is 4.52 Å². The Balaban J connectivity index is 0.00000320. The van der Waals surface area contributed by atoms with Crippen LogP contribution in [0.25, 0.3) is 5.82 Å². The van der Waals surface area contributed by atoms with Gasteiger partial charge in [0.1, 0.15) is 12.1 Å². The number of hydrogen-bond donors (Lipinski definition) is 2. The molecule has 0 aromatic carbocycles. The Kier molecular flexibility index (Phi) is 9.78. The van der Waals surface area contributed by atoms with E-state index >= 15 is 0 Å². The van der Waals surface area contributed by atoms with Crippen molar-refractivity contribution in [2.24, 2.45) is 4.99 Å². The molecule has 8 nitrogen and oxygen atoms in total. The van der Waals surface area contributed by atoms with E-state index in [9.17, 15) is 0 Å². The van der Waals surface area contributed by atoms with Gasteiger partial charge in [0.15, 0.2) is 11.7 Å². The van der Waals surface area contributed by atoms with Gasteiger partial charge in [-0.2, -0.15) is 0 Å². The third-order valence-corrected chi connectivity index (χ3v) is 4.75. The number of rotatable bonds is 9. The third-order valence-electron chi connectivity index (χ3n) is 4.75. The van der Waals surface area contributed by atoms with Crippen molar-refractivity contribution in [1.29, 1.82) is 0 Å². The second-order valence-electron chi connectivity index (χ2n) is 6.77. The fourth-order valence-electron chi connectivity index (χ4n) is 3.09. The fraction of sp³-hybridized carbons (Fsp3) is 0.429. The minimum absolute atomic E-state index is 0. The minimum Gasteiger partial charge on any atom is -0.359 e. The van der Waals surface area contributed by atoms with Crippen molar-refractivity contribution in [2.45, 2.75) is 52.6 Å². The number of guanidine groups is 1. The second-order valence-corrected chi connectivity index (χ2v) is 6.77. The molecule has 0 aliphatic heterocycles. The molecule has 3 aromatic rings. The molecule has 0 atom stereocenters. The molecule has 2 N–H and O–H groups in total. The van der Waals surface area contributed by atoms with Crippen molar-refractivity contribution in [3.8, 4) is 5.82 Å². The number of halogens is 1. The zero-order chi connectivity index (χ0) is 20.5. The maximum atomic E-state index is 5.49. The van der Waals surface area contributed by atoms with Crippen molar-refractivity contribution in [3.63, 3.8) is 0 Å². The molecule has 30 heavy (non-hydrogen) atoms. The summed E-state index contributed by atoms with van der Waals surface area (Å²) in [5.74, 6) is 2.81. The molecule has 3 heterocycles. The summed E-state index contributed by atoms with van der Waals surface area (Å²) in [5.41, 5.74) is 2.09. The van der Waals surface area contributed by atoms with Crippen molar-refractivity contribution >= 4 is 29.9 Å². The summed E-state index contributed by atoms with van der Waals surface area (Å²) in [4.78, 5) is 13.1. The van der Waals surface area contributed by atoms with Crippen LogP contribution >= 0.6 is 24.0 Å². The molecule has 0 saturated heterocycles. The number of nitrogens with one attached hydrogen (secondary N) is 2. The summed E-state index contributed by atoms with van der Waals surface area (Å²) in [6.45, 7) is 8.24. The normalized spacial score (nSPS) is 11.4. The van der Waals surface area contributed by atoms with Crippen LogP contribution in [0.15, 0.2) is 52.6 Å². The fourth-order valence-corrected chi connectivity index (χ4v) is 3.09. The molecule has 0 saturated carbocycles. The lowest BCUT2D eigenvalue weighted by Crippen LogP contribution is -2.36. The molecule has 0 bridgehead atoms. The lowest BCUT2D eigenvalue weighted by Gasteiger charge is -2.10. The van der Waals surface area contributed by atoms with E-state index < -0.39 is 0 Å². The van der Waals surface area contributed by atoms with Gasteiger partial charge in [-0.05, 0) is 37.5 Å². The van der Waals surface area contributed by atoms with Gasteiger partial charge in [0.05, 0.1) is 18.8 Å². The van der Waals surface area contributed by atoms with Crippen LogP contribution in [0.5, 0.6) is 0 Å². The molecule has 0 unspecified atom stereocenters. The highest BCUT2D eigenvalue weighted by Gasteiger charge is 2.13. The van der Waals surface area contributed by atoms with Gasteiger partial charge in [-0.1, -0.05) is 19.0 Å². The Hall–Kier alpha value is -2.43. The second kappa shape index (κ2) is 12.3. The number of pyridine rings is 1. The largest absolute Gasteiger partial charge is 0.359 e. The van der Waals surface area contributed by atoms with Crippen molar-refractivity contribution < 1.29 is 4.52 Å². The summed E-state index contributed by atoms with van der Waals surface area (Å²) in [5, 5.41) is 10.8. The molecule has 0 spiro atoms. The van der Waals surface area contributed by atoms with Crippen LogP contribution in [0.1, 0.15) is 56.5 Å². The topological polar surface area (TPSA) is 93.2 Å². The Labute approximate surface area is 194 Å². The lowest BCUT2D eigenvalue weighted by atomic mass is 9.99. The van der Waals surface area contributed by atoms with Crippen LogP contribution < -0.4 is 10.6 Å². The summed E-state index contributed by atoms with van der Waals surface area (Å²) < 4.78 is 7.36. The van der Waals surface area contributed by atoms with E-state index in [2.05, 4.69) is 44.6 Å². The molecule has 3 rings (SSSR count). The Morgan fingerprint density at radius 1 is 1.17 bits per heavy atom.